The minimum atomic E-state index is 0.346. The molecule has 1 unspecified atom stereocenters. The van der Waals surface area contributed by atoms with Gasteiger partial charge in [0.25, 0.3) is 0 Å². The van der Waals surface area contributed by atoms with Crippen molar-refractivity contribution >= 4 is 0 Å². The van der Waals surface area contributed by atoms with E-state index >= 15 is 0 Å². The maximum Gasteiger partial charge on any atom is 0.123 e. The topological polar surface area (TPSA) is 21.3 Å². The summed E-state index contributed by atoms with van der Waals surface area (Å²) in [5, 5.41) is 3.59. The monoisotopic (exact) mass is 247 g/mol. The molecule has 1 atom stereocenters. The molecule has 0 radical (unpaired) electrons. The lowest BCUT2D eigenvalue weighted by Crippen LogP contribution is -2.22. The van der Waals surface area contributed by atoms with E-state index in [1.165, 1.54) is 11.1 Å². The van der Waals surface area contributed by atoms with Crippen LogP contribution in [0, 0.1) is 6.92 Å². The highest BCUT2D eigenvalue weighted by molar-refractivity contribution is 5.39. The molecule has 18 heavy (non-hydrogen) atoms. The third-order valence-electron chi connectivity index (χ3n) is 3.06. The summed E-state index contributed by atoms with van der Waals surface area (Å²) in [5.74, 6) is 0.979. The minimum absolute atomic E-state index is 0.346. The van der Waals surface area contributed by atoms with Crippen LogP contribution in [0.25, 0.3) is 0 Å². The summed E-state index contributed by atoms with van der Waals surface area (Å²) >= 11 is 0. The lowest BCUT2D eigenvalue weighted by atomic mass is 9.99. The highest BCUT2D eigenvalue weighted by Gasteiger charge is 2.14. The van der Waals surface area contributed by atoms with Gasteiger partial charge in [-0.3, -0.25) is 0 Å². The Hall–Kier alpha value is -1.28. The van der Waals surface area contributed by atoms with E-state index < -0.39 is 0 Å². The van der Waals surface area contributed by atoms with Crippen LogP contribution in [0.2, 0.25) is 0 Å². The average Bonchev–Trinajstić information content (AvgIpc) is 2.39. The van der Waals surface area contributed by atoms with Gasteiger partial charge in [0.1, 0.15) is 5.75 Å². The van der Waals surface area contributed by atoms with Crippen molar-refractivity contribution in [3.05, 3.63) is 42.0 Å². The van der Waals surface area contributed by atoms with Crippen LogP contribution in [0.5, 0.6) is 5.75 Å². The van der Waals surface area contributed by atoms with Gasteiger partial charge < -0.3 is 10.1 Å². The summed E-state index contributed by atoms with van der Waals surface area (Å²) in [6.45, 7) is 9.10. The zero-order valence-corrected chi connectivity index (χ0v) is 11.8. The van der Waals surface area contributed by atoms with E-state index in [-0.39, 0.29) is 0 Å². The fourth-order valence-corrected chi connectivity index (χ4v) is 2.08. The molecule has 1 aromatic carbocycles. The first-order valence-electron chi connectivity index (χ1n) is 6.71. The molecule has 0 aromatic heterocycles. The van der Waals surface area contributed by atoms with Crippen molar-refractivity contribution in [1.82, 2.24) is 5.32 Å². The summed E-state index contributed by atoms with van der Waals surface area (Å²) in [5.41, 5.74) is 2.48. The number of hydrogen-bond donors (Lipinski definition) is 1. The van der Waals surface area contributed by atoms with E-state index in [2.05, 4.69) is 43.9 Å². The van der Waals surface area contributed by atoms with Crippen molar-refractivity contribution in [3.63, 3.8) is 0 Å². The fraction of sp³-hybridized carbons (Fsp3) is 0.500. The molecule has 1 aromatic rings. The van der Waals surface area contributed by atoms with Crippen molar-refractivity contribution < 1.29 is 4.74 Å². The first-order chi connectivity index (χ1) is 8.72. The Kier molecular flexibility index (Phi) is 6.51. The maximum atomic E-state index is 5.50. The number of ether oxygens (including phenoxy) is 1. The second-order valence-electron chi connectivity index (χ2n) is 4.62. The number of aryl methyl sites for hydroxylation is 1. The van der Waals surface area contributed by atoms with Gasteiger partial charge in [-0.1, -0.05) is 25.1 Å². The zero-order chi connectivity index (χ0) is 13.4. The largest absolute Gasteiger partial charge is 0.496 e. The van der Waals surface area contributed by atoms with Gasteiger partial charge in [-0.15, -0.1) is 6.58 Å². The lowest BCUT2D eigenvalue weighted by Gasteiger charge is -2.21. The number of rotatable bonds is 8. The molecule has 0 saturated heterocycles. The first kappa shape index (κ1) is 14.8. The average molecular weight is 247 g/mol. The SMILES string of the molecule is C=CCCC(NCCC)c1ccc(C)cc1OC. The van der Waals surface area contributed by atoms with E-state index in [1.807, 2.05) is 6.08 Å². The quantitative estimate of drug-likeness (QED) is 0.701. The van der Waals surface area contributed by atoms with Gasteiger partial charge in [0.05, 0.1) is 7.11 Å². The van der Waals surface area contributed by atoms with Crippen LogP contribution < -0.4 is 10.1 Å². The molecule has 100 valence electrons. The van der Waals surface area contributed by atoms with Crippen LogP contribution in [-0.4, -0.2) is 13.7 Å². The maximum absolute atomic E-state index is 5.50. The van der Waals surface area contributed by atoms with Gasteiger partial charge in [0.15, 0.2) is 0 Å². The molecule has 0 aliphatic rings. The van der Waals surface area contributed by atoms with Crippen LogP contribution in [-0.2, 0) is 0 Å². The van der Waals surface area contributed by atoms with Crippen molar-refractivity contribution in [2.75, 3.05) is 13.7 Å². The lowest BCUT2D eigenvalue weighted by molar-refractivity contribution is 0.395. The Balaban J connectivity index is 2.91. The van der Waals surface area contributed by atoms with Crippen LogP contribution in [0.4, 0.5) is 0 Å². The van der Waals surface area contributed by atoms with E-state index in [4.69, 9.17) is 4.74 Å². The Labute approximate surface area is 111 Å². The van der Waals surface area contributed by atoms with E-state index in [9.17, 15) is 0 Å². The Morgan fingerprint density at radius 3 is 2.83 bits per heavy atom. The standard InChI is InChI=1S/C16H25NO/c1-5-7-8-15(17-11-6-2)14-10-9-13(3)12-16(14)18-4/h5,9-10,12,15,17H,1,6-8,11H2,2-4H3. The first-order valence-corrected chi connectivity index (χ1v) is 6.71. The molecular formula is C16H25NO. The summed E-state index contributed by atoms with van der Waals surface area (Å²) in [7, 11) is 1.74. The Morgan fingerprint density at radius 1 is 1.44 bits per heavy atom. The smallest absolute Gasteiger partial charge is 0.123 e. The minimum Gasteiger partial charge on any atom is -0.496 e. The molecule has 0 heterocycles. The van der Waals surface area contributed by atoms with Gasteiger partial charge in [-0.05, 0) is 44.4 Å². The van der Waals surface area contributed by atoms with E-state index in [0.717, 1.165) is 31.6 Å². The van der Waals surface area contributed by atoms with Gasteiger partial charge >= 0.3 is 0 Å². The number of allylic oxidation sites excluding steroid dienone is 1. The molecule has 2 nitrogen and oxygen atoms in total. The molecule has 1 N–H and O–H groups in total. The van der Waals surface area contributed by atoms with Crippen LogP contribution in [0.1, 0.15) is 43.4 Å². The van der Waals surface area contributed by atoms with Crippen LogP contribution in [0.15, 0.2) is 30.9 Å². The number of benzene rings is 1. The molecular weight excluding hydrogens is 222 g/mol. The summed E-state index contributed by atoms with van der Waals surface area (Å²) in [6, 6.07) is 6.76. The van der Waals surface area contributed by atoms with Gasteiger partial charge in [-0.25, -0.2) is 0 Å². The molecule has 0 amide bonds. The highest BCUT2D eigenvalue weighted by Crippen LogP contribution is 2.29. The van der Waals surface area contributed by atoms with Gasteiger partial charge in [0.2, 0.25) is 0 Å². The molecule has 0 spiro atoms. The number of nitrogens with one attached hydrogen (secondary N) is 1. The summed E-state index contributed by atoms with van der Waals surface area (Å²) < 4.78 is 5.50. The van der Waals surface area contributed by atoms with E-state index in [1.54, 1.807) is 7.11 Å². The highest BCUT2D eigenvalue weighted by atomic mass is 16.5. The second kappa shape index (κ2) is 7.93. The Morgan fingerprint density at radius 2 is 2.22 bits per heavy atom. The predicted molar refractivity (Wildman–Crippen MR) is 78.2 cm³/mol. The second-order valence-corrected chi connectivity index (χ2v) is 4.62. The molecule has 0 aliphatic heterocycles. The molecule has 0 bridgehead atoms. The van der Waals surface area contributed by atoms with Crippen molar-refractivity contribution in [1.29, 1.82) is 0 Å². The summed E-state index contributed by atoms with van der Waals surface area (Å²) in [6.07, 6.45) is 5.18. The molecule has 0 fully saturated rings. The molecule has 0 saturated carbocycles. The third-order valence-corrected chi connectivity index (χ3v) is 3.06. The van der Waals surface area contributed by atoms with Gasteiger partial charge in [-0.2, -0.15) is 0 Å². The number of hydrogen-bond acceptors (Lipinski definition) is 2. The van der Waals surface area contributed by atoms with Crippen molar-refractivity contribution in [2.24, 2.45) is 0 Å². The van der Waals surface area contributed by atoms with Crippen molar-refractivity contribution in [2.45, 2.75) is 39.2 Å². The number of methoxy groups -OCH3 is 1. The summed E-state index contributed by atoms with van der Waals surface area (Å²) in [4.78, 5) is 0. The normalized spacial score (nSPS) is 12.2. The van der Waals surface area contributed by atoms with Crippen LogP contribution >= 0.6 is 0 Å². The Bertz CT molecular complexity index is 373. The molecule has 2 heteroatoms. The third kappa shape index (κ3) is 4.19. The fourth-order valence-electron chi connectivity index (χ4n) is 2.08. The van der Waals surface area contributed by atoms with Crippen LogP contribution in [0.3, 0.4) is 0 Å². The predicted octanol–water partition coefficient (Wildman–Crippen LogP) is 4.01. The molecule has 1 rings (SSSR count). The van der Waals surface area contributed by atoms with Gasteiger partial charge in [0, 0.05) is 11.6 Å². The zero-order valence-electron chi connectivity index (χ0n) is 11.8. The molecule has 0 aliphatic carbocycles. The van der Waals surface area contributed by atoms with Crippen molar-refractivity contribution in [3.8, 4) is 5.75 Å². The van der Waals surface area contributed by atoms with E-state index in [0.29, 0.717) is 6.04 Å².